The predicted molar refractivity (Wildman–Crippen MR) is 60.7 cm³/mol. The fraction of sp³-hybridized carbons (Fsp3) is 0.500. The van der Waals surface area contributed by atoms with Crippen LogP contribution < -0.4 is 5.32 Å². The Morgan fingerprint density at radius 1 is 1.47 bits per heavy atom. The SMILES string of the molecule is Fc1ccc(Cl)c(CC2CCCNC2)c1. The van der Waals surface area contributed by atoms with Crippen LogP contribution in [-0.4, -0.2) is 13.1 Å². The van der Waals surface area contributed by atoms with Crippen molar-refractivity contribution in [2.24, 2.45) is 5.92 Å². The van der Waals surface area contributed by atoms with E-state index in [4.69, 9.17) is 11.6 Å². The van der Waals surface area contributed by atoms with Crippen molar-refractivity contribution in [3.8, 4) is 0 Å². The van der Waals surface area contributed by atoms with E-state index in [1.165, 1.54) is 18.9 Å². The first kappa shape index (κ1) is 10.9. The number of hydrogen-bond donors (Lipinski definition) is 1. The lowest BCUT2D eigenvalue weighted by atomic mass is 9.92. The summed E-state index contributed by atoms with van der Waals surface area (Å²) in [6, 6.07) is 4.60. The second-order valence-corrected chi connectivity index (χ2v) is 4.56. The molecule has 1 heterocycles. The molecule has 0 aliphatic carbocycles. The first-order valence-corrected chi connectivity index (χ1v) is 5.78. The third-order valence-corrected chi connectivity index (χ3v) is 3.28. The van der Waals surface area contributed by atoms with Crippen molar-refractivity contribution >= 4 is 11.6 Å². The van der Waals surface area contributed by atoms with Crippen molar-refractivity contribution in [3.05, 3.63) is 34.6 Å². The Kier molecular flexibility index (Phi) is 3.60. The molecule has 0 aromatic heterocycles. The number of nitrogens with one attached hydrogen (secondary N) is 1. The van der Waals surface area contributed by atoms with Crippen LogP contribution in [0.5, 0.6) is 0 Å². The summed E-state index contributed by atoms with van der Waals surface area (Å²) in [6.45, 7) is 2.13. The van der Waals surface area contributed by atoms with E-state index in [1.54, 1.807) is 12.1 Å². The molecule has 1 aliphatic heterocycles. The summed E-state index contributed by atoms with van der Waals surface area (Å²) in [4.78, 5) is 0. The summed E-state index contributed by atoms with van der Waals surface area (Å²) in [7, 11) is 0. The molecule has 3 heteroatoms. The molecule has 1 fully saturated rings. The number of benzene rings is 1. The second-order valence-electron chi connectivity index (χ2n) is 4.15. The molecular weight excluding hydrogens is 213 g/mol. The van der Waals surface area contributed by atoms with Crippen LogP contribution >= 0.6 is 11.6 Å². The zero-order valence-corrected chi connectivity index (χ0v) is 9.36. The highest BCUT2D eigenvalue weighted by Gasteiger charge is 2.15. The van der Waals surface area contributed by atoms with Gasteiger partial charge in [0.25, 0.3) is 0 Å². The molecule has 1 nitrogen and oxygen atoms in total. The van der Waals surface area contributed by atoms with E-state index in [-0.39, 0.29) is 5.82 Å². The molecule has 0 amide bonds. The van der Waals surface area contributed by atoms with Crippen LogP contribution in [0.4, 0.5) is 4.39 Å². The number of halogens is 2. The zero-order chi connectivity index (χ0) is 10.7. The van der Waals surface area contributed by atoms with E-state index in [2.05, 4.69) is 5.32 Å². The highest BCUT2D eigenvalue weighted by atomic mass is 35.5. The topological polar surface area (TPSA) is 12.0 Å². The van der Waals surface area contributed by atoms with Crippen LogP contribution in [0.25, 0.3) is 0 Å². The van der Waals surface area contributed by atoms with Crippen LogP contribution in [0.15, 0.2) is 18.2 Å². The molecule has 0 saturated carbocycles. The minimum absolute atomic E-state index is 0.196. The summed E-state index contributed by atoms with van der Waals surface area (Å²) in [5.74, 6) is 0.399. The highest BCUT2D eigenvalue weighted by molar-refractivity contribution is 6.31. The summed E-state index contributed by atoms with van der Waals surface area (Å²) in [5, 5.41) is 4.03. The van der Waals surface area contributed by atoms with Crippen molar-refractivity contribution in [2.45, 2.75) is 19.3 Å². The molecule has 1 aliphatic rings. The molecule has 1 saturated heterocycles. The monoisotopic (exact) mass is 227 g/mol. The maximum absolute atomic E-state index is 13.0. The third kappa shape index (κ3) is 2.93. The Labute approximate surface area is 94.6 Å². The quantitative estimate of drug-likeness (QED) is 0.819. The first-order valence-electron chi connectivity index (χ1n) is 5.40. The van der Waals surface area contributed by atoms with Gasteiger partial charge in [0, 0.05) is 5.02 Å². The smallest absolute Gasteiger partial charge is 0.123 e. The average Bonchev–Trinajstić information content (AvgIpc) is 2.25. The Morgan fingerprint density at radius 2 is 2.33 bits per heavy atom. The molecule has 0 radical (unpaired) electrons. The third-order valence-electron chi connectivity index (χ3n) is 2.92. The van der Waals surface area contributed by atoms with Crippen LogP contribution in [0.2, 0.25) is 5.02 Å². The Morgan fingerprint density at radius 3 is 3.07 bits per heavy atom. The zero-order valence-electron chi connectivity index (χ0n) is 8.60. The lowest BCUT2D eigenvalue weighted by Gasteiger charge is -2.23. The molecule has 1 aromatic rings. The fourth-order valence-corrected chi connectivity index (χ4v) is 2.30. The summed E-state index contributed by atoms with van der Waals surface area (Å²) >= 11 is 6.03. The molecule has 15 heavy (non-hydrogen) atoms. The van der Waals surface area contributed by atoms with Gasteiger partial charge < -0.3 is 5.32 Å². The minimum atomic E-state index is -0.196. The van der Waals surface area contributed by atoms with Crippen molar-refractivity contribution < 1.29 is 4.39 Å². The van der Waals surface area contributed by atoms with Gasteiger partial charge in [-0.25, -0.2) is 4.39 Å². The van der Waals surface area contributed by atoms with Crippen molar-refractivity contribution in [1.29, 1.82) is 0 Å². The van der Waals surface area contributed by atoms with Gasteiger partial charge in [0.15, 0.2) is 0 Å². The van der Waals surface area contributed by atoms with Crippen LogP contribution in [0.1, 0.15) is 18.4 Å². The molecule has 1 aromatic carbocycles. The Hall–Kier alpha value is -0.600. The van der Waals surface area contributed by atoms with Gasteiger partial charge in [-0.05, 0) is 62.0 Å². The van der Waals surface area contributed by atoms with Gasteiger partial charge in [-0.15, -0.1) is 0 Å². The summed E-state index contributed by atoms with van der Waals surface area (Å²) in [6.07, 6.45) is 3.29. The average molecular weight is 228 g/mol. The largest absolute Gasteiger partial charge is 0.316 e. The Balaban J connectivity index is 2.05. The van der Waals surface area contributed by atoms with Gasteiger partial charge in [-0.1, -0.05) is 11.6 Å². The van der Waals surface area contributed by atoms with Gasteiger partial charge in [0.05, 0.1) is 0 Å². The van der Waals surface area contributed by atoms with Crippen molar-refractivity contribution in [1.82, 2.24) is 5.32 Å². The maximum Gasteiger partial charge on any atom is 0.123 e. The first-order chi connectivity index (χ1) is 7.25. The van der Waals surface area contributed by atoms with Crippen molar-refractivity contribution in [2.75, 3.05) is 13.1 Å². The molecule has 0 bridgehead atoms. The highest BCUT2D eigenvalue weighted by Crippen LogP contribution is 2.23. The lowest BCUT2D eigenvalue weighted by molar-refractivity contribution is 0.376. The van der Waals surface area contributed by atoms with Crippen molar-refractivity contribution in [3.63, 3.8) is 0 Å². The molecule has 1 atom stereocenters. The molecule has 1 unspecified atom stereocenters. The summed E-state index contributed by atoms with van der Waals surface area (Å²) < 4.78 is 13.0. The molecule has 1 N–H and O–H groups in total. The standard InChI is InChI=1S/C12H15ClFN/c13-12-4-3-11(14)7-10(12)6-9-2-1-5-15-8-9/h3-4,7,9,15H,1-2,5-6,8H2. The van der Waals surface area contributed by atoms with E-state index in [9.17, 15) is 4.39 Å². The lowest BCUT2D eigenvalue weighted by Crippen LogP contribution is -2.30. The second kappa shape index (κ2) is 4.95. The predicted octanol–water partition coefficient (Wildman–Crippen LogP) is 3.02. The van der Waals surface area contributed by atoms with E-state index in [0.717, 1.165) is 25.1 Å². The van der Waals surface area contributed by atoms with E-state index in [1.807, 2.05) is 0 Å². The van der Waals surface area contributed by atoms with Gasteiger partial charge >= 0.3 is 0 Å². The molecule has 0 spiro atoms. The Bertz CT molecular complexity index is 334. The van der Waals surface area contributed by atoms with E-state index < -0.39 is 0 Å². The van der Waals surface area contributed by atoms with Crippen LogP contribution in [0, 0.1) is 11.7 Å². The van der Waals surface area contributed by atoms with E-state index >= 15 is 0 Å². The van der Waals surface area contributed by atoms with Crippen LogP contribution in [-0.2, 0) is 6.42 Å². The molecular formula is C12H15ClFN. The van der Waals surface area contributed by atoms with Gasteiger partial charge in [-0.2, -0.15) is 0 Å². The molecule has 2 rings (SSSR count). The number of hydrogen-bond acceptors (Lipinski definition) is 1. The van der Waals surface area contributed by atoms with Crippen LogP contribution in [0.3, 0.4) is 0 Å². The van der Waals surface area contributed by atoms with Gasteiger partial charge in [-0.3, -0.25) is 0 Å². The fourth-order valence-electron chi connectivity index (χ4n) is 2.11. The van der Waals surface area contributed by atoms with E-state index in [0.29, 0.717) is 10.9 Å². The summed E-state index contributed by atoms with van der Waals surface area (Å²) in [5.41, 5.74) is 0.936. The minimum Gasteiger partial charge on any atom is -0.316 e. The van der Waals surface area contributed by atoms with Gasteiger partial charge in [0.1, 0.15) is 5.82 Å². The van der Waals surface area contributed by atoms with Gasteiger partial charge in [0.2, 0.25) is 0 Å². The number of piperidine rings is 1. The number of rotatable bonds is 2. The molecule has 82 valence electrons. The normalized spacial score (nSPS) is 21.6. The maximum atomic E-state index is 13.0.